The average molecular weight is 408 g/mol. The van der Waals surface area contributed by atoms with E-state index in [1.54, 1.807) is 6.07 Å². The van der Waals surface area contributed by atoms with E-state index in [1.807, 2.05) is 36.1 Å². The van der Waals surface area contributed by atoms with E-state index in [0.717, 1.165) is 17.3 Å². The molecule has 0 radical (unpaired) electrons. The molecule has 0 aliphatic carbocycles. The summed E-state index contributed by atoms with van der Waals surface area (Å²) in [7, 11) is 0. The second-order valence-corrected chi connectivity index (χ2v) is 7.01. The van der Waals surface area contributed by atoms with Crippen LogP contribution in [0.15, 0.2) is 36.5 Å². The summed E-state index contributed by atoms with van der Waals surface area (Å²) in [5, 5.41) is 11.0. The minimum absolute atomic E-state index is 0.00813. The van der Waals surface area contributed by atoms with Gasteiger partial charge in [-0.2, -0.15) is 4.98 Å². The van der Waals surface area contributed by atoms with Gasteiger partial charge in [0.2, 0.25) is 5.95 Å². The summed E-state index contributed by atoms with van der Waals surface area (Å²) in [6, 6.07) is 9.38. The molecule has 1 saturated heterocycles. The molecule has 0 unspecified atom stereocenters. The zero-order chi connectivity index (χ0) is 21.1. The topological polar surface area (TPSA) is 93.1 Å². The van der Waals surface area contributed by atoms with E-state index in [9.17, 15) is 9.18 Å². The lowest BCUT2D eigenvalue weighted by Crippen LogP contribution is -2.37. The SMILES string of the molecule is CC(=O)c1nnc(Nc2nc(N3CCOCC3)ncc2F)cc1-c1ccc(C)cc1. The van der Waals surface area contributed by atoms with Crippen LogP contribution in [0.4, 0.5) is 22.0 Å². The molecule has 0 spiro atoms. The van der Waals surface area contributed by atoms with Gasteiger partial charge in [-0.3, -0.25) is 4.79 Å². The summed E-state index contributed by atoms with van der Waals surface area (Å²) in [6.07, 6.45) is 1.12. The van der Waals surface area contributed by atoms with E-state index in [-0.39, 0.29) is 23.1 Å². The first-order valence-electron chi connectivity index (χ1n) is 9.59. The highest BCUT2D eigenvalue weighted by atomic mass is 19.1. The fourth-order valence-electron chi connectivity index (χ4n) is 3.15. The van der Waals surface area contributed by atoms with Crippen molar-refractivity contribution in [1.82, 2.24) is 20.2 Å². The minimum Gasteiger partial charge on any atom is -0.378 e. The normalized spacial score (nSPS) is 13.9. The molecule has 3 heterocycles. The van der Waals surface area contributed by atoms with Crippen molar-refractivity contribution in [3.05, 3.63) is 53.6 Å². The van der Waals surface area contributed by atoms with Crippen molar-refractivity contribution in [2.75, 3.05) is 36.5 Å². The zero-order valence-corrected chi connectivity index (χ0v) is 16.7. The molecule has 0 atom stereocenters. The summed E-state index contributed by atoms with van der Waals surface area (Å²) >= 11 is 0. The summed E-state index contributed by atoms with van der Waals surface area (Å²) in [5.74, 6) is -0.129. The molecule has 1 aliphatic heterocycles. The van der Waals surface area contributed by atoms with Crippen LogP contribution in [0.3, 0.4) is 0 Å². The molecule has 1 fully saturated rings. The third kappa shape index (κ3) is 4.25. The summed E-state index contributed by atoms with van der Waals surface area (Å²) in [5.41, 5.74) is 2.78. The van der Waals surface area contributed by atoms with Crippen LogP contribution in [0.25, 0.3) is 11.1 Å². The van der Waals surface area contributed by atoms with Crippen LogP contribution in [0.1, 0.15) is 23.0 Å². The van der Waals surface area contributed by atoms with Crippen LogP contribution in [0.2, 0.25) is 0 Å². The standard InChI is InChI=1S/C21H21FN6O2/c1-13-3-5-15(6-4-13)16-11-18(26-27-19(16)14(2)29)24-20-17(22)12-23-21(25-20)28-7-9-30-10-8-28/h3-6,11-12H,7-10H2,1-2H3,(H,23,24,25,26). The van der Waals surface area contributed by atoms with E-state index in [4.69, 9.17) is 4.74 Å². The Bertz CT molecular complexity index is 1070. The predicted molar refractivity (Wildman–Crippen MR) is 111 cm³/mol. The smallest absolute Gasteiger partial charge is 0.227 e. The van der Waals surface area contributed by atoms with E-state index < -0.39 is 5.82 Å². The van der Waals surface area contributed by atoms with Gasteiger partial charge in [0.05, 0.1) is 19.4 Å². The monoisotopic (exact) mass is 408 g/mol. The molecule has 1 aromatic carbocycles. The van der Waals surface area contributed by atoms with Gasteiger partial charge in [-0.05, 0) is 18.6 Å². The third-order valence-electron chi connectivity index (χ3n) is 4.76. The number of nitrogens with zero attached hydrogens (tertiary/aromatic N) is 5. The van der Waals surface area contributed by atoms with E-state index in [2.05, 4.69) is 25.5 Å². The van der Waals surface area contributed by atoms with Crippen molar-refractivity contribution in [2.24, 2.45) is 0 Å². The van der Waals surface area contributed by atoms with Crippen LogP contribution in [0, 0.1) is 12.7 Å². The van der Waals surface area contributed by atoms with Gasteiger partial charge in [-0.25, -0.2) is 9.37 Å². The van der Waals surface area contributed by atoms with E-state index >= 15 is 0 Å². The lowest BCUT2D eigenvalue weighted by molar-refractivity contribution is 0.101. The molecule has 1 aliphatic rings. The van der Waals surface area contributed by atoms with Crippen LogP contribution < -0.4 is 10.2 Å². The lowest BCUT2D eigenvalue weighted by atomic mass is 10.0. The third-order valence-corrected chi connectivity index (χ3v) is 4.76. The number of halogens is 1. The largest absolute Gasteiger partial charge is 0.378 e. The number of aromatic nitrogens is 4. The van der Waals surface area contributed by atoms with Crippen molar-refractivity contribution in [3.63, 3.8) is 0 Å². The van der Waals surface area contributed by atoms with Gasteiger partial charge in [-0.15, -0.1) is 10.2 Å². The minimum atomic E-state index is -0.610. The Morgan fingerprint density at radius 3 is 2.60 bits per heavy atom. The number of carbonyl (C=O) groups excluding carboxylic acids is 1. The molecule has 9 heteroatoms. The van der Waals surface area contributed by atoms with Crippen LogP contribution in [-0.4, -0.2) is 52.3 Å². The van der Waals surface area contributed by atoms with Gasteiger partial charge in [0, 0.05) is 25.6 Å². The van der Waals surface area contributed by atoms with Crippen molar-refractivity contribution in [2.45, 2.75) is 13.8 Å². The molecule has 30 heavy (non-hydrogen) atoms. The van der Waals surface area contributed by atoms with Gasteiger partial charge in [0.15, 0.2) is 23.2 Å². The van der Waals surface area contributed by atoms with Crippen molar-refractivity contribution >= 4 is 23.4 Å². The summed E-state index contributed by atoms with van der Waals surface area (Å²) in [4.78, 5) is 22.3. The second kappa shape index (κ2) is 8.50. The molecular weight excluding hydrogens is 387 g/mol. The van der Waals surface area contributed by atoms with Gasteiger partial charge < -0.3 is 15.0 Å². The predicted octanol–water partition coefficient (Wildman–Crippen LogP) is 3.16. The Balaban J connectivity index is 1.67. The summed E-state index contributed by atoms with van der Waals surface area (Å²) in [6.45, 7) is 5.83. The van der Waals surface area contributed by atoms with Crippen LogP contribution in [-0.2, 0) is 4.74 Å². The molecule has 0 saturated carbocycles. The number of hydrogen-bond donors (Lipinski definition) is 1. The number of hydrogen-bond acceptors (Lipinski definition) is 8. The van der Waals surface area contributed by atoms with Crippen molar-refractivity contribution in [3.8, 4) is 11.1 Å². The molecule has 4 rings (SSSR count). The number of anilines is 3. The number of benzene rings is 1. The number of nitrogens with one attached hydrogen (secondary N) is 1. The Morgan fingerprint density at radius 2 is 1.90 bits per heavy atom. The number of Topliss-reactive ketones (excluding diaryl/α,β-unsaturated/α-hetero) is 1. The fourth-order valence-corrected chi connectivity index (χ4v) is 3.15. The van der Waals surface area contributed by atoms with E-state index in [0.29, 0.717) is 37.8 Å². The van der Waals surface area contributed by atoms with Crippen LogP contribution >= 0.6 is 0 Å². The number of carbonyl (C=O) groups is 1. The van der Waals surface area contributed by atoms with Gasteiger partial charge >= 0.3 is 0 Å². The molecule has 154 valence electrons. The number of rotatable bonds is 5. The molecule has 2 aromatic heterocycles. The number of aryl methyl sites for hydroxylation is 1. The van der Waals surface area contributed by atoms with E-state index in [1.165, 1.54) is 6.92 Å². The Labute approximate surface area is 173 Å². The average Bonchev–Trinajstić information content (AvgIpc) is 2.76. The summed E-state index contributed by atoms with van der Waals surface area (Å²) < 4.78 is 19.7. The highest BCUT2D eigenvalue weighted by Crippen LogP contribution is 2.27. The maximum atomic E-state index is 14.4. The quantitative estimate of drug-likeness (QED) is 0.644. The van der Waals surface area contributed by atoms with Crippen molar-refractivity contribution in [1.29, 1.82) is 0 Å². The zero-order valence-electron chi connectivity index (χ0n) is 16.7. The van der Waals surface area contributed by atoms with Gasteiger partial charge in [0.25, 0.3) is 0 Å². The molecule has 0 amide bonds. The maximum Gasteiger partial charge on any atom is 0.227 e. The fraction of sp³-hybridized carbons (Fsp3) is 0.286. The number of ketones is 1. The van der Waals surface area contributed by atoms with Gasteiger partial charge in [0.1, 0.15) is 5.69 Å². The number of ether oxygens (including phenoxy) is 1. The molecule has 8 nitrogen and oxygen atoms in total. The first-order chi connectivity index (χ1) is 14.5. The lowest BCUT2D eigenvalue weighted by Gasteiger charge is -2.26. The second-order valence-electron chi connectivity index (χ2n) is 7.01. The number of morpholine rings is 1. The first-order valence-corrected chi connectivity index (χ1v) is 9.59. The van der Waals surface area contributed by atoms with Crippen molar-refractivity contribution < 1.29 is 13.9 Å². The molecule has 3 aromatic rings. The van der Waals surface area contributed by atoms with Gasteiger partial charge in [-0.1, -0.05) is 29.8 Å². The van der Waals surface area contributed by atoms with Crippen LogP contribution in [0.5, 0.6) is 0 Å². The molecular formula is C21H21FN6O2. The maximum absolute atomic E-state index is 14.4. The first kappa shape index (κ1) is 19.8. The molecule has 0 bridgehead atoms. The highest BCUT2D eigenvalue weighted by molar-refractivity contribution is 5.99. The highest BCUT2D eigenvalue weighted by Gasteiger charge is 2.18. The Hall–Kier alpha value is -3.46. The Morgan fingerprint density at radius 1 is 1.17 bits per heavy atom. The Kier molecular flexibility index (Phi) is 5.62. The molecule has 1 N–H and O–H groups in total.